The van der Waals surface area contributed by atoms with Crippen molar-refractivity contribution in [2.75, 3.05) is 6.61 Å². The Kier molecular flexibility index (Phi) is 2.12. The number of aliphatic hydroxyl groups is 1. The van der Waals surface area contributed by atoms with Gasteiger partial charge in [-0.15, -0.1) is 0 Å². The number of ketones is 1. The van der Waals surface area contributed by atoms with Crippen LogP contribution in [0, 0.1) is 0 Å². The van der Waals surface area contributed by atoms with Gasteiger partial charge in [-0.1, -0.05) is 30.3 Å². The molecule has 1 aromatic carbocycles. The van der Waals surface area contributed by atoms with Gasteiger partial charge in [-0.05, 0) is 0 Å². The first kappa shape index (κ1) is 8.41. The molecule has 0 unspecified atom stereocenters. The van der Waals surface area contributed by atoms with Crippen LogP contribution in [-0.4, -0.2) is 29.7 Å². The highest BCUT2D eigenvalue weighted by atomic mass is 16.6. The summed E-state index contributed by atoms with van der Waals surface area (Å²) in [6.07, 6.45) is -0.708. The van der Waals surface area contributed by atoms with Gasteiger partial charge in [0.1, 0.15) is 12.2 Å². The van der Waals surface area contributed by atoms with Crippen LogP contribution in [0.1, 0.15) is 10.4 Å². The first-order valence-electron chi connectivity index (χ1n) is 4.18. The molecule has 1 saturated heterocycles. The van der Waals surface area contributed by atoms with Gasteiger partial charge in [0.15, 0.2) is 5.78 Å². The Morgan fingerprint density at radius 2 is 2.08 bits per heavy atom. The number of benzene rings is 1. The highest BCUT2D eigenvalue weighted by Crippen LogP contribution is 2.25. The maximum absolute atomic E-state index is 11.5. The molecule has 1 fully saturated rings. The Hall–Kier alpha value is -1.19. The lowest BCUT2D eigenvalue weighted by molar-refractivity contribution is 0.0953. The molecule has 0 radical (unpaired) electrons. The topological polar surface area (TPSA) is 49.8 Å². The maximum Gasteiger partial charge on any atom is 0.194 e. The predicted octanol–water partition coefficient (Wildman–Crippen LogP) is 0.629. The summed E-state index contributed by atoms with van der Waals surface area (Å²) in [5, 5.41) is 8.70. The maximum atomic E-state index is 11.5. The molecular formula is C10H10O3. The average molecular weight is 178 g/mol. The number of aliphatic hydroxyl groups excluding tert-OH is 1. The molecule has 0 aliphatic carbocycles. The Balaban J connectivity index is 2.07. The minimum absolute atomic E-state index is 0.0420. The molecular weight excluding hydrogens is 168 g/mol. The summed E-state index contributed by atoms with van der Waals surface area (Å²) in [4.78, 5) is 11.5. The molecule has 1 N–H and O–H groups in total. The molecule has 1 aromatic rings. The fraction of sp³-hybridized carbons (Fsp3) is 0.300. The van der Waals surface area contributed by atoms with E-state index in [1.165, 1.54) is 0 Å². The molecule has 0 bridgehead atoms. The van der Waals surface area contributed by atoms with E-state index in [2.05, 4.69) is 0 Å². The summed E-state index contributed by atoms with van der Waals surface area (Å²) < 4.78 is 4.98. The minimum atomic E-state index is -0.424. The van der Waals surface area contributed by atoms with Crippen LogP contribution in [0.2, 0.25) is 0 Å². The molecule has 3 nitrogen and oxygen atoms in total. The van der Waals surface area contributed by atoms with Crippen LogP contribution < -0.4 is 0 Å². The summed E-state index contributed by atoms with van der Waals surface area (Å²) in [7, 11) is 0. The van der Waals surface area contributed by atoms with Crippen molar-refractivity contribution in [2.24, 2.45) is 0 Å². The number of hydrogen-bond acceptors (Lipinski definition) is 3. The molecule has 2 atom stereocenters. The zero-order chi connectivity index (χ0) is 9.26. The van der Waals surface area contributed by atoms with Crippen LogP contribution in [0.5, 0.6) is 0 Å². The summed E-state index contributed by atoms with van der Waals surface area (Å²) in [5.74, 6) is -0.0420. The largest absolute Gasteiger partial charge is 0.394 e. The van der Waals surface area contributed by atoms with Gasteiger partial charge in [-0.25, -0.2) is 0 Å². The van der Waals surface area contributed by atoms with E-state index >= 15 is 0 Å². The zero-order valence-corrected chi connectivity index (χ0v) is 7.01. The number of Topliss-reactive ketones (excluding diaryl/α,β-unsaturated/α-hetero) is 1. The van der Waals surface area contributed by atoms with E-state index in [4.69, 9.17) is 9.84 Å². The Labute approximate surface area is 76.0 Å². The van der Waals surface area contributed by atoms with Crippen molar-refractivity contribution in [3.8, 4) is 0 Å². The van der Waals surface area contributed by atoms with E-state index in [0.717, 1.165) is 0 Å². The first-order chi connectivity index (χ1) is 6.33. The molecule has 0 saturated carbocycles. The van der Waals surface area contributed by atoms with Gasteiger partial charge in [-0.3, -0.25) is 4.79 Å². The summed E-state index contributed by atoms with van der Waals surface area (Å²) in [6, 6.07) is 8.97. The molecule has 3 heteroatoms. The number of ether oxygens (including phenoxy) is 1. The van der Waals surface area contributed by atoms with Gasteiger partial charge in [0.25, 0.3) is 0 Å². The van der Waals surface area contributed by atoms with E-state index in [-0.39, 0.29) is 18.5 Å². The molecule has 0 amide bonds. The zero-order valence-electron chi connectivity index (χ0n) is 7.01. The summed E-state index contributed by atoms with van der Waals surface area (Å²) in [5.41, 5.74) is 0.642. The molecule has 68 valence electrons. The van der Waals surface area contributed by atoms with E-state index in [9.17, 15) is 4.79 Å². The average Bonchev–Trinajstić information content (AvgIpc) is 2.97. The quantitative estimate of drug-likeness (QED) is 0.545. The van der Waals surface area contributed by atoms with Crippen LogP contribution in [0.15, 0.2) is 30.3 Å². The van der Waals surface area contributed by atoms with Crippen molar-refractivity contribution in [1.29, 1.82) is 0 Å². The van der Waals surface area contributed by atoms with E-state index in [0.29, 0.717) is 5.56 Å². The second-order valence-corrected chi connectivity index (χ2v) is 3.01. The third-order valence-corrected chi connectivity index (χ3v) is 2.08. The van der Waals surface area contributed by atoms with E-state index < -0.39 is 6.10 Å². The Morgan fingerprint density at radius 3 is 2.62 bits per heavy atom. The number of epoxide rings is 1. The summed E-state index contributed by atoms with van der Waals surface area (Å²) >= 11 is 0. The highest BCUT2D eigenvalue weighted by molar-refractivity contribution is 6.01. The van der Waals surface area contributed by atoms with Crippen LogP contribution in [0.3, 0.4) is 0 Å². The lowest BCUT2D eigenvalue weighted by Gasteiger charge is -1.94. The Morgan fingerprint density at radius 1 is 1.38 bits per heavy atom. The molecule has 0 aromatic heterocycles. The fourth-order valence-corrected chi connectivity index (χ4v) is 1.28. The number of rotatable bonds is 3. The second kappa shape index (κ2) is 3.28. The smallest absolute Gasteiger partial charge is 0.194 e. The lowest BCUT2D eigenvalue weighted by atomic mass is 10.1. The lowest BCUT2D eigenvalue weighted by Crippen LogP contribution is -2.11. The third kappa shape index (κ3) is 1.61. The summed E-state index contributed by atoms with van der Waals surface area (Å²) in [6.45, 7) is -0.0801. The van der Waals surface area contributed by atoms with Crippen LogP contribution in [0.25, 0.3) is 0 Å². The first-order valence-corrected chi connectivity index (χ1v) is 4.18. The van der Waals surface area contributed by atoms with Crippen LogP contribution >= 0.6 is 0 Å². The standard InChI is InChI=1S/C10H10O3/c11-6-8-10(13-8)9(12)7-4-2-1-3-5-7/h1-5,8,10-11H,6H2/t8-,10+/m1/s1. The van der Waals surface area contributed by atoms with Crippen LogP contribution in [0.4, 0.5) is 0 Å². The van der Waals surface area contributed by atoms with Crippen molar-refractivity contribution < 1.29 is 14.6 Å². The molecule has 13 heavy (non-hydrogen) atoms. The fourth-order valence-electron chi connectivity index (χ4n) is 1.28. The minimum Gasteiger partial charge on any atom is -0.394 e. The third-order valence-electron chi connectivity index (χ3n) is 2.08. The number of carbonyl (C=O) groups excluding carboxylic acids is 1. The van der Waals surface area contributed by atoms with E-state index in [1.54, 1.807) is 12.1 Å². The normalized spacial score (nSPS) is 25.6. The van der Waals surface area contributed by atoms with Crippen molar-refractivity contribution in [3.63, 3.8) is 0 Å². The molecule has 2 rings (SSSR count). The predicted molar refractivity (Wildman–Crippen MR) is 46.5 cm³/mol. The monoisotopic (exact) mass is 178 g/mol. The van der Waals surface area contributed by atoms with Gasteiger partial charge < -0.3 is 9.84 Å². The molecule has 1 aliphatic heterocycles. The SMILES string of the molecule is O=C(c1ccccc1)[C@H]1O[C@@H]1CO. The number of carbonyl (C=O) groups is 1. The second-order valence-electron chi connectivity index (χ2n) is 3.01. The van der Waals surface area contributed by atoms with Crippen molar-refractivity contribution in [2.45, 2.75) is 12.2 Å². The molecule has 1 heterocycles. The van der Waals surface area contributed by atoms with Gasteiger partial charge in [0, 0.05) is 5.56 Å². The molecule has 1 aliphatic rings. The van der Waals surface area contributed by atoms with Crippen LogP contribution in [-0.2, 0) is 4.74 Å². The number of hydrogen-bond donors (Lipinski definition) is 1. The van der Waals surface area contributed by atoms with Gasteiger partial charge in [-0.2, -0.15) is 0 Å². The van der Waals surface area contributed by atoms with E-state index in [1.807, 2.05) is 18.2 Å². The van der Waals surface area contributed by atoms with Crippen molar-refractivity contribution >= 4 is 5.78 Å². The van der Waals surface area contributed by atoms with Crippen molar-refractivity contribution in [1.82, 2.24) is 0 Å². The van der Waals surface area contributed by atoms with Crippen molar-refractivity contribution in [3.05, 3.63) is 35.9 Å². The Bertz CT molecular complexity index is 307. The van der Waals surface area contributed by atoms with Gasteiger partial charge in [0.05, 0.1) is 6.61 Å². The van der Waals surface area contributed by atoms with Gasteiger partial charge >= 0.3 is 0 Å². The van der Waals surface area contributed by atoms with Gasteiger partial charge in [0.2, 0.25) is 0 Å². The highest BCUT2D eigenvalue weighted by Gasteiger charge is 2.44. The molecule has 0 spiro atoms.